The van der Waals surface area contributed by atoms with Gasteiger partial charge in [-0.3, -0.25) is 14.5 Å². The topological polar surface area (TPSA) is 54.0 Å². The third-order valence-electron chi connectivity index (χ3n) is 4.78. The second kappa shape index (κ2) is 10.4. The summed E-state index contributed by atoms with van der Waals surface area (Å²) >= 11 is 5.93. The maximum absolute atomic E-state index is 12.3. The van der Waals surface area contributed by atoms with Gasteiger partial charge in [-0.25, -0.2) is 0 Å². The summed E-state index contributed by atoms with van der Waals surface area (Å²) in [7, 11) is 1.64. The first kappa shape index (κ1) is 20.6. The van der Waals surface area contributed by atoms with E-state index in [0.29, 0.717) is 19.6 Å². The van der Waals surface area contributed by atoms with Crippen LogP contribution < -0.4 is 10.2 Å². The van der Waals surface area contributed by atoms with Crippen LogP contribution in [0.2, 0.25) is 5.02 Å². The summed E-state index contributed by atoms with van der Waals surface area (Å²) in [5.41, 5.74) is 5.14. The number of methoxy groups -OCH3 is 1. The highest BCUT2D eigenvalue weighted by atomic mass is 35.5. The number of hydrogen-bond acceptors (Lipinski definition) is 5. The Bertz CT molecular complexity index is 744. The molecule has 0 aliphatic carbocycles. The SMILES string of the molecule is COc1ccc(CNOCC(=O)N2CCN(Cc3ccc(Cl)cc3)CC2)cc1. The molecule has 28 heavy (non-hydrogen) atoms. The van der Waals surface area contributed by atoms with Crippen LogP contribution in [0.3, 0.4) is 0 Å². The number of ether oxygens (including phenoxy) is 1. The van der Waals surface area contributed by atoms with E-state index in [1.807, 2.05) is 53.4 Å². The van der Waals surface area contributed by atoms with Gasteiger partial charge in [-0.2, -0.15) is 5.48 Å². The van der Waals surface area contributed by atoms with Crippen molar-refractivity contribution in [1.82, 2.24) is 15.3 Å². The van der Waals surface area contributed by atoms with Crippen LogP contribution in [-0.4, -0.2) is 55.6 Å². The second-order valence-electron chi connectivity index (χ2n) is 6.74. The Morgan fingerprint density at radius 3 is 2.29 bits per heavy atom. The summed E-state index contributed by atoms with van der Waals surface area (Å²) in [6.07, 6.45) is 0. The third-order valence-corrected chi connectivity index (χ3v) is 5.03. The van der Waals surface area contributed by atoms with Gasteiger partial charge in [0.1, 0.15) is 12.4 Å². The molecule has 1 heterocycles. The van der Waals surface area contributed by atoms with E-state index in [-0.39, 0.29) is 12.5 Å². The summed E-state index contributed by atoms with van der Waals surface area (Å²) < 4.78 is 5.13. The molecule has 0 radical (unpaired) electrons. The quantitative estimate of drug-likeness (QED) is 0.542. The predicted octanol–water partition coefficient (Wildman–Crippen LogP) is 2.71. The molecule has 1 amide bonds. The number of rotatable bonds is 8. The average molecular weight is 404 g/mol. The number of carbonyl (C=O) groups excluding carboxylic acids is 1. The van der Waals surface area contributed by atoms with E-state index in [2.05, 4.69) is 10.4 Å². The van der Waals surface area contributed by atoms with Gasteiger partial charge in [-0.05, 0) is 35.4 Å². The second-order valence-corrected chi connectivity index (χ2v) is 7.18. The molecule has 0 unspecified atom stereocenters. The number of nitrogens with one attached hydrogen (secondary N) is 1. The Balaban J connectivity index is 1.32. The Labute approximate surface area is 170 Å². The van der Waals surface area contributed by atoms with Crippen LogP contribution in [0.15, 0.2) is 48.5 Å². The standard InChI is InChI=1S/C21H26ClN3O3/c1-27-20-8-4-17(5-9-20)14-23-28-16-21(26)25-12-10-24(11-13-25)15-18-2-6-19(22)7-3-18/h2-9,23H,10-16H2,1H3. The molecule has 7 heteroatoms. The van der Waals surface area contributed by atoms with Crippen molar-refractivity contribution in [2.45, 2.75) is 13.1 Å². The molecule has 1 N–H and O–H groups in total. The average Bonchev–Trinajstić information content (AvgIpc) is 2.73. The highest BCUT2D eigenvalue weighted by Crippen LogP contribution is 2.13. The van der Waals surface area contributed by atoms with Crippen molar-refractivity contribution in [2.75, 3.05) is 39.9 Å². The lowest BCUT2D eigenvalue weighted by Crippen LogP contribution is -2.49. The first-order chi connectivity index (χ1) is 13.6. The normalized spacial score (nSPS) is 14.9. The molecule has 1 saturated heterocycles. The Morgan fingerprint density at radius 1 is 1.00 bits per heavy atom. The lowest BCUT2D eigenvalue weighted by atomic mass is 10.2. The van der Waals surface area contributed by atoms with Crippen molar-refractivity contribution in [2.24, 2.45) is 0 Å². The van der Waals surface area contributed by atoms with E-state index >= 15 is 0 Å². The molecule has 1 aliphatic rings. The van der Waals surface area contributed by atoms with Gasteiger partial charge < -0.3 is 9.64 Å². The molecule has 3 rings (SSSR count). The molecule has 0 spiro atoms. The fourth-order valence-electron chi connectivity index (χ4n) is 3.09. The summed E-state index contributed by atoms with van der Waals surface area (Å²) in [5, 5.41) is 0.750. The van der Waals surface area contributed by atoms with Gasteiger partial charge in [-0.1, -0.05) is 35.9 Å². The van der Waals surface area contributed by atoms with E-state index in [4.69, 9.17) is 21.2 Å². The number of benzene rings is 2. The van der Waals surface area contributed by atoms with Crippen molar-refractivity contribution in [3.05, 3.63) is 64.7 Å². The molecule has 2 aromatic rings. The zero-order valence-electron chi connectivity index (χ0n) is 16.1. The van der Waals surface area contributed by atoms with Crippen LogP contribution in [0.25, 0.3) is 0 Å². The molecule has 1 fully saturated rings. The van der Waals surface area contributed by atoms with Crippen LogP contribution in [0, 0.1) is 0 Å². The summed E-state index contributed by atoms with van der Waals surface area (Å²) in [6.45, 7) is 4.59. The van der Waals surface area contributed by atoms with Crippen molar-refractivity contribution in [3.63, 3.8) is 0 Å². The highest BCUT2D eigenvalue weighted by molar-refractivity contribution is 6.30. The van der Waals surface area contributed by atoms with E-state index in [1.165, 1.54) is 5.56 Å². The number of piperazine rings is 1. The number of amides is 1. The summed E-state index contributed by atoms with van der Waals surface area (Å²) in [5.74, 6) is 0.823. The van der Waals surface area contributed by atoms with Crippen LogP contribution in [-0.2, 0) is 22.7 Å². The first-order valence-electron chi connectivity index (χ1n) is 9.36. The number of nitrogens with zero attached hydrogens (tertiary/aromatic N) is 2. The summed E-state index contributed by atoms with van der Waals surface area (Å²) in [4.78, 5) is 21.8. The van der Waals surface area contributed by atoms with Crippen LogP contribution >= 0.6 is 11.6 Å². The summed E-state index contributed by atoms with van der Waals surface area (Å²) in [6, 6.07) is 15.6. The van der Waals surface area contributed by atoms with Gasteiger partial charge >= 0.3 is 0 Å². The van der Waals surface area contributed by atoms with E-state index < -0.39 is 0 Å². The van der Waals surface area contributed by atoms with Crippen LogP contribution in [0.5, 0.6) is 5.75 Å². The number of hydrogen-bond donors (Lipinski definition) is 1. The number of carbonyl (C=O) groups is 1. The zero-order chi connectivity index (χ0) is 19.8. The Morgan fingerprint density at radius 2 is 1.64 bits per heavy atom. The largest absolute Gasteiger partial charge is 0.497 e. The van der Waals surface area contributed by atoms with E-state index in [0.717, 1.165) is 36.0 Å². The van der Waals surface area contributed by atoms with Crippen molar-refractivity contribution < 1.29 is 14.4 Å². The maximum atomic E-state index is 12.3. The van der Waals surface area contributed by atoms with Crippen molar-refractivity contribution in [1.29, 1.82) is 0 Å². The number of halogens is 1. The minimum absolute atomic E-state index is 0.00775. The molecule has 2 aromatic carbocycles. The number of hydroxylamine groups is 1. The zero-order valence-corrected chi connectivity index (χ0v) is 16.8. The van der Waals surface area contributed by atoms with Crippen molar-refractivity contribution >= 4 is 17.5 Å². The third kappa shape index (κ3) is 6.21. The van der Waals surface area contributed by atoms with Crippen LogP contribution in [0.1, 0.15) is 11.1 Å². The van der Waals surface area contributed by atoms with Gasteiger partial charge in [0, 0.05) is 44.3 Å². The Kier molecular flexibility index (Phi) is 7.68. The smallest absolute Gasteiger partial charge is 0.250 e. The van der Waals surface area contributed by atoms with Gasteiger partial charge in [0.2, 0.25) is 0 Å². The molecular formula is C21H26ClN3O3. The highest BCUT2D eigenvalue weighted by Gasteiger charge is 2.21. The van der Waals surface area contributed by atoms with Crippen LogP contribution in [0.4, 0.5) is 0 Å². The van der Waals surface area contributed by atoms with Gasteiger partial charge in [0.05, 0.1) is 7.11 Å². The fraction of sp³-hybridized carbons (Fsp3) is 0.381. The molecular weight excluding hydrogens is 378 g/mol. The van der Waals surface area contributed by atoms with Gasteiger partial charge in [0.15, 0.2) is 0 Å². The van der Waals surface area contributed by atoms with Crippen molar-refractivity contribution in [3.8, 4) is 5.75 Å². The lowest BCUT2D eigenvalue weighted by Gasteiger charge is -2.34. The molecule has 0 atom stereocenters. The first-order valence-corrected chi connectivity index (χ1v) is 9.74. The van der Waals surface area contributed by atoms with E-state index in [1.54, 1.807) is 7.11 Å². The molecule has 1 aliphatic heterocycles. The van der Waals surface area contributed by atoms with E-state index in [9.17, 15) is 4.79 Å². The monoisotopic (exact) mass is 403 g/mol. The maximum Gasteiger partial charge on any atom is 0.250 e. The minimum Gasteiger partial charge on any atom is -0.497 e. The van der Waals surface area contributed by atoms with Gasteiger partial charge in [0.25, 0.3) is 5.91 Å². The minimum atomic E-state index is 0.00775. The molecule has 0 aromatic heterocycles. The fourth-order valence-corrected chi connectivity index (χ4v) is 3.21. The predicted molar refractivity (Wildman–Crippen MR) is 109 cm³/mol. The molecule has 0 saturated carbocycles. The Hall–Kier alpha value is -2.12. The molecule has 150 valence electrons. The van der Waals surface area contributed by atoms with Gasteiger partial charge in [-0.15, -0.1) is 0 Å². The molecule has 6 nitrogen and oxygen atoms in total. The lowest BCUT2D eigenvalue weighted by molar-refractivity contribution is -0.141. The molecule has 0 bridgehead atoms.